The molecule has 1 atom stereocenters. The molecular weight excluding hydrogens is 242 g/mol. The van der Waals surface area contributed by atoms with E-state index in [-0.39, 0.29) is 11.8 Å². The molecule has 0 radical (unpaired) electrons. The first kappa shape index (κ1) is 13.5. The molecule has 0 unspecified atom stereocenters. The normalized spacial score (nSPS) is 12.6. The van der Waals surface area contributed by atoms with Crippen molar-refractivity contribution in [1.29, 1.82) is 0 Å². The molecule has 1 amide bonds. The number of amides is 1. The highest BCUT2D eigenvalue weighted by Crippen LogP contribution is 2.28. The Morgan fingerprint density at radius 3 is 2.53 bits per heavy atom. The lowest BCUT2D eigenvalue weighted by Gasteiger charge is -2.17. The largest absolute Gasteiger partial charge is 0.469 e. The molecule has 1 N–H and O–H groups in total. The molecule has 0 fully saturated rings. The monoisotopic (exact) mass is 261 g/mol. The Bertz CT molecular complexity index is 485. The summed E-state index contributed by atoms with van der Waals surface area (Å²) in [5, 5.41) is 2.86. The highest BCUT2D eigenvalue weighted by Gasteiger charge is 2.21. The maximum atomic E-state index is 12.0. The Morgan fingerprint density at radius 2 is 1.95 bits per heavy atom. The predicted octanol–water partition coefficient (Wildman–Crippen LogP) is 3.32. The van der Waals surface area contributed by atoms with Crippen molar-refractivity contribution in [3.05, 3.63) is 48.3 Å². The fraction of sp³-hybridized carbons (Fsp3) is 0.400. The van der Waals surface area contributed by atoms with E-state index in [9.17, 15) is 4.79 Å². The molecule has 2 aromatic heterocycles. The van der Waals surface area contributed by atoms with Crippen molar-refractivity contribution in [2.24, 2.45) is 5.92 Å². The lowest BCUT2D eigenvalue weighted by Crippen LogP contribution is -2.25. The van der Waals surface area contributed by atoms with Crippen LogP contribution in [0.3, 0.4) is 0 Å². The molecule has 0 aliphatic carbocycles. The van der Waals surface area contributed by atoms with Crippen LogP contribution in [0.2, 0.25) is 0 Å². The van der Waals surface area contributed by atoms with E-state index in [2.05, 4.69) is 19.2 Å². The van der Waals surface area contributed by atoms with Crippen molar-refractivity contribution in [3.8, 4) is 0 Å². The van der Waals surface area contributed by atoms with Gasteiger partial charge in [0, 0.05) is 12.3 Å². The van der Waals surface area contributed by atoms with Crippen LogP contribution in [-0.2, 0) is 11.3 Å². The summed E-state index contributed by atoms with van der Waals surface area (Å²) >= 11 is 0. The van der Waals surface area contributed by atoms with Crippen molar-refractivity contribution in [2.75, 3.05) is 0 Å². The zero-order valence-electron chi connectivity index (χ0n) is 11.3. The minimum absolute atomic E-state index is 0.00602. The van der Waals surface area contributed by atoms with Crippen molar-refractivity contribution >= 4 is 5.91 Å². The summed E-state index contributed by atoms with van der Waals surface area (Å²) in [6.07, 6.45) is 3.67. The summed E-state index contributed by atoms with van der Waals surface area (Å²) in [7, 11) is 0. The highest BCUT2D eigenvalue weighted by molar-refractivity contribution is 5.76. The second-order valence-electron chi connectivity index (χ2n) is 4.93. The molecular formula is C15H19NO3. The number of hydrogen-bond acceptors (Lipinski definition) is 3. The third-order valence-electron chi connectivity index (χ3n) is 3.16. The van der Waals surface area contributed by atoms with E-state index in [4.69, 9.17) is 8.83 Å². The molecule has 2 aromatic rings. The van der Waals surface area contributed by atoms with Crippen LogP contribution in [-0.4, -0.2) is 5.91 Å². The van der Waals surface area contributed by atoms with Gasteiger partial charge >= 0.3 is 0 Å². The van der Waals surface area contributed by atoms with Crippen molar-refractivity contribution in [2.45, 2.75) is 32.7 Å². The SMILES string of the molecule is CC(C)[C@H](CC(=O)NCc1ccco1)c1ccco1. The van der Waals surface area contributed by atoms with Gasteiger partial charge in [0.15, 0.2) is 0 Å². The molecule has 2 heterocycles. The number of carbonyl (C=O) groups excluding carboxylic acids is 1. The average Bonchev–Trinajstić information content (AvgIpc) is 3.05. The molecule has 4 nitrogen and oxygen atoms in total. The Kier molecular flexibility index (Phi) is 4.44. The van der Waals surface area contributed by atoms with Crippen LogP contribution in [0.4, 0.5) is 0 Å². The van der Waals surface area contributed by atoms with Crippen LogP contribution >= 0.6 is 0 Å². The Balaban J connectivity index is 1.89. The number of furan rings is 2. The minimum Gasteiger partial charge on any atom is -0.469 e. The van der Waals surface area contributed by atoms with Gasteiger partial charge in [-0.1, -0.05) is 13.8 Å². The molecule has 0 aliphatic heterocycles. The molecule has 0 aliphatic rings. The van der Waals surface area contributed by atoms with E-state index in [1.807, 2.05) is 18.2 Å². The fourth-order valence-electron chi connectivity index (χ4n) is 2.04. The first-order valence-electron chi connectivity index (χ1n) is 6.49. The molecule has 0 saturated carbocycles. The summed E-state index contributed by atoms with van der Waals surface area (Å²) in [4.78, 5) is 12.0. The third-order valence-corrected chi connectivity index (χ3v) is 3.16. The summed E-state index contributed by atoms with van der Waals surface area (Å²) in [6.45, 7) is 4.61. The standard InChI is InChI=1S/C15H19NO3/c1-11(2)13(14-6-4-8-19-14)9-15(17)16-10-12-5-3-7-18-12/h3-8,11,13H,9-10H2,1-2H3,(H,16,17)/t13-/m0/s1. The Labute approximate surface area is 112 Å². The minimum atomic E-state index is 0.00602. The molecule has 0 aromatic carbocycles. The van der Waals surface area contributed by atoms with Crippen molar-refractivity contribution < 1.29 is 13.6 Å². The summed E-state index contributed by atoms with van der Waals surface area (Å²) in [6, 6.07) is 7.42. The lowest BCUT2D eigenvalue weighted by molar-refractivity contribution is -0.122. The van der Waals surface area contributed by atoms with Gasteiger partial charge in [-0.15, -0.1) is 0 Å². The number of carbonyl (C=O) groups is 1. The van der Waals surface area contributed by atoms with E-state index >= 15 is 0 Å². The van der Waals surface area contributed by atoms with Crippen molar-refractivity contribution in [3.63, 3.8) is 0 Å². The zero-order valence-corrected chi connectivity index (χ0v) is 11.3. The fourth-order valence-corrected chi connectivity index (χ4v) is 2.04. The highest BCUT2D eigenvalue weighted by atomic mass is 16.3. The first-order valence-corrected chi connectivity index (χ1v) is 6.49. The molecule has 0 spiro atoms. The number of hydrogen-bond donors (Lipinski definition) is 1. The average molecular weight is 261 g/mol. The molecule has 19 heavy (non-hydrogen) atoms. The predicted molar refractivity (Wildman–Crippen MR) is 71.5 cm³/mol. The second kappa shape index (κ2) is 6.27. The van der Waals surface area contributed by atoms with E-state index in [1.54, 1.807) is 18.6 Å². The van der Waals surface area contributed by atoms with Crippen LogP contribution in [0.5, 0.6) is 0 Å². The van der Waals surface area contributed by atoms with Gasteiger partial charge in [-0.2, -0.15) is 0 Å². The van der Waals surface area contributed by atoms with Gasteiger partial charge < -0.3 is 14.2 Å². The van der Waals surface area contributed by atoms with Crippen LogP contribution in [0.25, 0.3) is 0 Å². The van der Waals surface area contributed by atoms with E-state index in [0.717, 1.165) is 11.5 Å². The lowest BCUT2D eigenvalue weighted by atomic mass is 9.90. The summed E-state index contributed by atoms with van der Waals surface area (Å²) in [5.41, 5.74) is 0. The van der Waals surface area contributed by atoms with Gasteiger partial charge in [0.05, 0.1) is 19.1 Å². The quantitative estimate of drug-likeness (QED) is 0.867. The Morgan fingerprint density at radius 1 is 1.21 bits per heavy atom. The van der Waals surface area contributed by atoms with Crippen LogP contribution in [0, 0.1) is 5.92 Å². The maximum absolute atomic E-state index is 12.0. The molecule has 102 valence electrons. The second-order valence-corrected chi connectivity index (χ2v) is 4.93. The van der Waals surface area contributed by atoms with Gasteiger partial charge in [-0.3, -0.25) is 4.79 Å². The van der Waals surface area contributed by atoms with Crippen molar-refractivity contribution in [1.82, 2.24) is 5.32 Å². The topological polar surface area (TPSA) is 55.4 Å². The van der Waals surface area contributed by atoms with Crippen LogP contribution < -0.4 is 5.32 Å². The summed E-state index contributed by atoms with van der Waals surface area (Å²) < 4.78 is 10.6. The van der Waals surface area contributed by atoms with Crippen LogP contribution in [0.15, 0.2) is 45.6 Å². The van der Waals surface area contributed by atoms with Crippen LogP contribution in [0.1, 0.15) is 37.7 Å². The third kappa shape index (κ3) is 3.74. The van der Waals surface area contributed by atoms with E-state index < -0.39 is 0 Å². The maximum Gasteiger partial charge on any atom is 0.221 e. The molecule has 0 bridgehead atoms. The van der Waals surface area contributed by atoms with E-state index in [0.29, 0.717) is 18.9 Å². The van der Waals surface area contributed by atoms with Gasteiger partial charge in [-0.25, -0.2) is 0 Å². The zero-order chi connectivity index (χ0) is 13.7. The number of nitrogens with one attached hydrogen (secondary N) is 1. The van der Waals surface area contributed by atoms with E-state index in [1.165, 1.54) is 0 Å². The summed E-state index contributed by atoms with van der Waals surface area (Å²) in [5.74, 6) is 2.08. The number of rotatable bonds is 6. The first-order chi connectivity index (χ1) is 9.16. The molecule has 4 heteroatoms. The van der Waals surface area contributed by atoms with Gasteiger partial charge in [0.25, 0.3) is 0 Å². The van der Waals surface area contributed by atoms with Gasteiger partial charge in [0.2, 0.25) is 5.91 Å². The smallest absolute Gasteiger partial charge is 0.221 e. The van der Waals surface area contributed by atoms with Gasteiger partial charge in [0.1, 0.15) is 11.5 Å². The molecule has 2 rings (SSSR count). The molecule has 0 saturated heterocycles. The van der Waals surface area contributed by atoms with Gasteiger partial charge in [-0.05, 0) is 30.2 Å². The Hall–Kier alpha value is -1.97.